The molecule has 0 aliphatic heterocycles. The lowest BCUT2D eigenvalue weighted by Crippen LogP contribution is -2.15. The monoisotopic (exact) mass is 306 g/mol. The highest BCUT2D eigenvalue weighted by Gasteiger charge is 1.96. The molecule has 124 valence electrons. The van der Waals surface area contributed by atoms with Crippen LogP contribution in [0.1, 0.15) is 0 Å². The number of ether oxygens (including phenoxy) is 5. The number of hydrogen-bond acceptors (Lipinski definition) is 8. The zero-order chi connectivity index (χ0) is 15.6. The fourth-order valence-electron chi connectivity index (χ4n) is 1.17. The van der Waals surface area contributed by atoms with E-state index in [9.17, 15) is 4.79 Å². The number of carbonyl (C=O) groups excluding carboxylic acids is 1. The van der Waals surface area contributed by atoms with Crippen LogP contribution in [0.5, 0.6) is 0 Å². The van der Waals surface area contributed by atoms with Gasteiger partial charge in [-0.05, 0) is 0 Å². The minimum atomic E-state index is -0.482. The van der Waals surface area contributed by atoms with Gasteiger partial charge in [-0.25, -0.2) is 4.79 Å². The van der Waals surface area contributed by atoms with Gasteiger partial charge in [0.2, 0.25) is 0 Å². The molecule has 0 aromatic rings. The van der Waals surface area contributed by atoms with Crippen molar-refractivity contribution in [1.29, 1.82) is 0 Å². The van der Waals surface area contributed by atoms with Gasteiger partial charge in [0.25, 0.3) is 0 Å². The van der Waals surface area contributed by atoms with Crippen LogP contribution < -0.4 is 11.5 Å². The molecule has 0 saturated heterocycles. The highest BCUT2D eigenvalue weighted by Crippen LogP contribution is 1.84. The summed E-state index contributed by atoms with van der Waals surface area (Å²) >= 11 is 0. The van der Waals surface area contributed by atoms with Crippen LogP contribution in [0, 0.1) is 0 Å². The van der Waals surface area contributed by atoms with Gasteiger partial charge in [0.15, 0.2) is 0 Å². The molecule has 0 bridgehead atoms. The lowest BCUT2D eigenvalue weighted by atomic mass is 10.6. The second-order valence-corrected chi connectivity index (χ2v) is 3.76. The van der Waals surface area contributed by atoms with Crippen LogP contribution in [0.3, 0.4) is 0 Å². The van der Waals surface area contributed by atoms with Crippen LogP contribution in [0.2, 0.25) is 0 Å². The van der Waals surface area contributed by atoms with Gasteiger partial charge in [-0.2, -0.15) is 0 Å². The third-order valence-corrected chi connectivity index (χ3v) is 2.08. The third kappa shape index (κ3) is 16.8. The van der Waals surface area contributed by atoms with Gasteiger partial charge in [0.05, 0.1) is 52.9 Å². The Hall–Kier alpha value is -1.19. The summed E-state index contributed by atoms with van der Waals surface area (Å²) in [5.41, 5.74) is 10.3. The van der Waals surface area contributed by atoms with Gasteiger partial charge >= 0.3 is 5.97 Å². The summed E-state index contributed by atoms with van der Waals surface area (Å²) in [5, 5.41) is 0. The third-order valence-electron chi connectivity index (χ3n) is 2.08. The van der Waals surface area contributed by atoms with Crippen molar-refractivity contribution in [2.75, 3.05) is 66.0 Å². The van der Waals surface area contributed by atoms with Crippen molar-refractivity contribution in [2.45, 2.75) is 0 Å². The molecule has 0 amide bonds. The minimum absolute atomic E-state index is 0.190. The van der Waals surface area contributed by atoms with Crippen molar-refractivity contribution >= 4 is 5.97 Å². The SMILES string of the molecule is N/C=C\C(=O)OCCOCCOCCOCCOCCN. The van der Waals surface area contributed by atoms with Crippen LogP contribution in [-0.2, 0) is 28.5 Å². The van der Waals surface area contributed by atoms with Gasteiger partial charge < -0.3 is 35.2 Å². The molecule has 0 fully saturated rings. The molecular weight excluding hydrogens is 280 g/mol. The summed E-state index contributed by atoms with van der Waals surface area (Å²) in [5.74, 6) is -0.482. The molecule has 0 atom stereocenters. The maximum absolute atomic E-state index is 10.9. The lowest BCUT2D eigenvalue weighted by molar-refractivity contribution is -0.139. The Balaban J connectivity index is 3.04. The van der Waals surface area contributed by atoms with E-state index in [0.717, 1.165) is 12.3 Å². The summed E-state index contributed by atoms with van der Waals surface area (Å²) in [6, 6.07) is 0. The molecule has 0 rings (SSSR count). The van der Waals surface area contributed by atoms with Crippen LogP contribution in [0.25, 0.3) is 0 Å². The molecule has 0 heterocycles. The molecule has 0 spiro atoms. The van der Waals surface area contributed by atoms with Crippen LogP contribution in [0.4, 0.5) is 0 Å². The zero-order valence-corrected chi connectivity index (χ0v) is 12.3. The fraction of sp³-hybridized carbons (Fsp3) is 0.769. The van der Waals surface area contributed by atoms with E-state index in [1.807, 2.05) is 0 Å². The summed E-state index contributed by atoms with van der Waals surface area (Å²) in [6.45, 7) is 4.55. The normalized spacial score (nSPS) is 11.1. The van der Waals surface area contributed by atoms with E-state index >= 15 is 0 Å². The number of rotatable bonds is 15. The highest BCUT2D eigenvalue weighted by molar-refractivity contribution is 5.81. The second-order valence-electron chi connectivity index (χ2n) is 3.76. The highest BCUT2D eigenvalue weighted by atomic mass is 16.6. The predicted molar refractivity (Wildman–Crippen MR) is 76.6 cm³/mol. The van der Waals surface area contributed by atoms with E-state index < -0.39 is 5.97 Å². The largest absolute Gasteiger partial charge is 0.460 e. The molecule has 8 nitrogen and oxygen atoms in total. The van der Waals surface area contributed by atoms with Crippen LogP contribution in [-0.4, -0.2) is 72.0 Å². The minimum Gasteiger partial charge on any atom is -0.460 e. The Kier molecular flexibility index (Phi) is 15.9. The average Bonchev–Trinajstić information content (AvgIpc) is 2.48. The maximum Gasteiger partial charge on any atom is 0.332 e. The van der Waals surface area contributed by atoms with Gasteiger partial charge in [-0.3, -0.25) is 0 Å². The molecule has 0 aromatic heterocycles. The van der Waals surface area contributed by atoms with E-state index in [0.29, 0.717) is 59.4 Å². The van der Waals surface area contributed by atoms with Crippen molar-refractivity contribution in [3.8, 4) is 0 Å². The molecule has 0 saturated carbocycles. The van der Waals surface area contributed by atoms with Gasteiger partial charge in [-0.1, -0.05) is 0 Å². The molecule has 21 heavy (non-hydrogen) atoms. The first-order valence-electron chi connectivity index (χ1n) is 6.87. The molecule has 0 aromatic carbocycles. The molecule has 0 aliphatic rings. The Labute approximate surface area is 125 Å². The number of carbonyl (C=O) groups is 1. The molecule has 0 radical (unpaired) electrons. The van der Waals surface area contributed by atoms with Crippen molar-refractivity contribution in [2.24, 2.45) is 11.5 Å². The number of hydrogen-bond donors (Lipinski definition) is 2. The number of nitrogens with two attached hydrogens (primary N) is 2. The van der Waals surface area contributed by atoms with Crippen LogP contribution >= 0.6 is 0 Å². The van der Waals surface area contributed by atoms with Gasteiger partial charge in [0.1, 0.15) is 6.61 Å². The molecule has 0 aliphatic carbocycles. The first kappa shape index (κ1) is 19.8. The average molecular weight is 306 g/mol. The number of esters is 1. The standard InChI is InChI=1S/C13H26N2O6/c14-2-1-13(16)21-12-11-20-10-9-19-8-7-18-6-5-17-4-3-15/h1-2H,3-12,14-15H2/b2-1-. The molecule has 8 heteroatoms. The van der Waals surface area contributed by atoms with Gasteiger partial charge in [0, 0.05) is 18.8 Å². The first-order valence-corrected chi connectivity index (χ1v) is 6.87. The zero-order valence-electron chi connectivity index (χ0n) is 12.3. The van der Waals surface area contributed by atoms with Crippen molar-refractivity contribution in [3.05, 3.63) is 12.3 Å². The smallest absolute Gasteiger partial charge is 0.332 e. The lowest BCUT2D eigenvalue weighted by Gasteiger charge is -2.07. The van der Waals surface area contributed by atoms with Crippen molar-refractivity contribution in [1.82, 2.24) is 0 Å². The van der Waals surface area contributed by atoms with Crippen LogP contribution in [0.15, 0.2) is 12.3 Å². The fourth-order valence-corrected chi connectivity index (χ4v) is 1.17. The Morgan fingerprint density at radius 3 is 1.62 bits per heavy atom. The Morgan fingerprint density at radius 1 is 0.762 bits per heavy atom. The second kappa shape index (κ2) is 16.9. The van der Waals surface area contributed by atoms with Crippen molar-refractivity contribution < 1.29 is 28.5 Å². The summed E-state index contributed by atoms with van der Waals surface area (Å²) in [4.78, 5) is 10.9. The molecular formula is C13H26N2O6. The van der Waals surface area contributed by atoms with Crippen molar-refractivity contribution in [3.63, 3.8) is 0 Å². The van der Waals surface area contributed by atoms with Gasteiger partial charge in [-0.15, -0.1) is 0 Å². The molecule has 0 unspecified atom stereocenters. The summed E-state index contributed by atoms with van der Waals surface area (Å²) < 4.78 is 25.7. The van der Waals surface area contributed by atoms with E-state index in [-0.39, 0.29) is 6.61 Å². The summed E-state index contributed by atoms with van der Waals surface area (Å²) in [7, 11) is 0. The topological polar surface area (TPSA) is 115 Å². The first-order chi connectivity index (χ1) is 10.3. The molecule has 4 N–H and O–H groups in total. The van der Waals surface area contributed by atoms with E-state index in [1.54, 1.807) is 0 Å². The Morgan fingerprint density at radius 2 is 1.19 bits per heavy atom. The van der Waals surface area contributed by atoms with E-state index in [2.05, 4.69) is 0 Å². The quantitative estimate of drug-likeness (QED) is 0.225. The Bertz CT molecular complexity index is 263. The van der Waals surface area contributed by atoms with E-state index in [1.165, 1.54) is 0 Å². The summed E-state index contributed by atoms with van der Waals surface area (Å²) in [6.07, 6.45) is 2.27. The maximum atomic E-state index is 10.9. The predicted octanol–water partition coefficient (Wildman–Crippen LogP) is -0.973. The van der Waals surface area contributed by atoms with E-state index in [4.69, 9.17) is 35.2 Å².